The Morgan fingerprint density at radius 3 is 1.75 bits per heavy atom. The Morgan fingerprint density at radius 2 is 1.50 bits per heavy atom. The van der Waals surface area contributed by atoms with Crippen LogP contribution in [0.15, 0.2) is 4.99 Å². The van der Waals surface area contributed by atoms with Crippen LogP contribution in [0.25, 0.3) is 0 Å². The standard InChI is InChI=1S/C9H2N6O/c10-1-7(2-11)8(3-12)5(14)15-6(16)9(7,8)4-13/h(H2,14,15,16). The van der Waals surface area contributed by atoms with Gasteiger partial charge in [-0.2, -0.15) is 26.0 Å². The number of nitrogens with two attached hydrogens (primary N) is 1. The molecule has 2 rings (SSSR count). The highest BCUT2D eigenvalue weighted by Crippen LogP contribution is 2.80. The van der Waals surface area contributed by atoms with Gasteiger partial charge in [-0.3, -0.25) is 4.79 Å². The summed E-state index contributed by atoms with van der Waals surface area (Å²) in [7, 11) is 0. The smallest absolute Gasteiger partial charge is 0.272 e. The molecule has 7 nitrogen and oxygen atoms in total. The Labute approximate surface area is 89.6 Å². The summed E-state index contributed by atoms with van der Waals surface area (Å²) >= 11 is 0. The molecule has 74 valence electrons. The quantitative estimate of drug-likeness (QED) is 0.538. The Morgan fingerprint density at radius 1 is 1.00 bits per heavy atom. The van der Waals surface area contributed by atoms with Crippen LogP contribution in [0, 0.1) is 61.6 Å². The number of fused-ring (bicyclic) bond motifs is 1. The fourth-order valence-corrected chi connectivity index (χ4v) is 2.35. The molecule has 1 amide bonds. The molecule has 1 saturated carbocycles. The largest absolute Gasteiger partial charge is 0.386 e. The summed E-state index contributed by atoms with van der Waals surface area (Å²) in [5.41, 5.74) is -0.599. The van der Waals surface area contributed by atoms with Gasteiger partial charge in [-0.05, 0) is 0 Å². The molecule has 2 unspecified atom stereocenters. The number of hydrogen-bond acceptors (Lipinski definition) is 6. The van der Waals surface area contributed by atoms with Crippen LogP contribution >= 0.6 is 0 Å². The monoisotopic (exact) mass is 210 g/mol. The normalized spacial score (nSPS) is 37.0. The van der Waals surface area contributed by atoms with Crippen LogP contribution in [-0.2, 0) is 4.79 Å². The summed E-state index contributed by atoms with van der Waals surface area (Å²) < 4.78 is 0. The van der Waals surface area contributed by atoms with E-state index in [2.05, 4.69) is 4.99 Å². The lowest BCUT2D eigenvalue weighted by atomic mass is 9.95. The highest BCUT2D eigenvalue weighted by Gasteiger charge is 2.99. The summed E-state index contributed by atoms with van der Waals surface area (Å²) in [5, 5.41) is 35.9. The molecule has 1 aliphatic carbocycles. The topological polar surface area (TPSA) is 151 Å². The first kappa shape index (κ1) is 9.65. The van der Waals surface area contributed by atoms with E-state index in [0.29, 0.717) is 0 Å². The molecular formula is C9H2N6O. The van der Waals surface area contributed by atoms with Gasteiger partial charge in [-0.25, -0.2) is 0 Å². The van der Waals surface area contributed by atoms with Crippen LogP contribution in [0.1, 0.15) is 0 Å². The van der Waals surface area contributed by atoms with Gasteiger partial charge < -0.3 is 5.73 Å². The number of carbonyl (C=O) groups is 1. The second kappa shape index (κ2) is 2.19. The minimum atomic E-state index is -2.05. The highest BCUT2D eigenvalue weighted by molar-refractivity contribution is 6.19. The van der Waals surface area contributed by atoms with Gasteiger partial charge in [0.15, 0.2) is 10.8 Å². The van der Waals surface area contributed by atoms with E-state index in [1.165, 1.54) is 0 Å². The van der Waals surface area contributed by atoms with Gasteiger partial charge in [0.1, 0.15) is 5.84 Å². The van der Waals surface area contributed by atoms with E-state index in [0.717, 1.165) is 0 Å². The van der Waals surface area contributed by atoms with Crippen molar-refractivity contribution in [3.8, 4) is 24.3 Å². The molecule has 0 radical (unpaired) electrons. The van der Waals surface area contributed by atoms with E-state index in [4.69, 9.17) is 26.8 Å². The first-order valence-electron chi connectivity index (χ1n) is 4.08. The number of carbonyl (C=O) groups excluding carboxylic acids is 1. The first-order valence-corrected chi connectivity index (χ1v) is 4.08. The third-order valence-corrected chi connectivity index (χ3v) is 3.22. The van der Waals surface area contributed by atoms with Gasteiger partial charge in [0.05, 0.1) is 24.3 Å². The lowest BCUT2D eigenvalue weighted by molar-refractivity contribution is -0.121. The predicted octanol–water partition coefficient (Wildman–Crippen LogP) is -1.05. The average molecular weight is 210 g/mol. The van der Waals surface area contributed by atoms with Crippen molar-refractivity contribution < 1.29 is 4.79 Å². The molecule has 7 heteroatoms. The van der Waals surface area contributed by atoms with E-state index in [9.17, 15) is 4.79 Å². The highest BCUT2D eigenvalue weighted by atomic mass is 16.2. The third-order valence-electron chi connectivity index (χ3n) is 3.22. The summed E-state index contributed by atoms with van der Waals surface area (Å²) in [6.45, 7) is 0. The number of nitriles is 4. The number of aliphatic imine (C=N–C) groups is 1. The second-order valence-electron chi connectivity index (χ2n) is 3.50. The van der Waals surface area contributed by atoms with Crippen molar-refractivity contribution >= 4 is 11.7 Å². The van der Waals surface area contributed by atoms with Crippen molar-refractivity contribution in [3.05, 3.63) is 0 Å². The minimum absolute atomic E-state index is 0.426. The van der Waals surface area contributed by atoms with E-state index >= 15 is 0 Å². The fourth-order valence-electron chi connectivity index (χ4n) is 2.35. The van der Waals surface area contributed by atoms with Gasteiger partial charge in [0.2, 0.25) is 5.41 Å². The molecule has 1 fully saturated rings. The fraction of sp³-hybridized carbons (Fsp3) is 0.333. The zero-order valence-electron chi connectivity index (χ0n) is 7.72. The molecule has 0 aromatic heterocycles. The zero-order valence-corrected chi connectivity index (χ0v) is 7.72. The molecular weight excluding hydrogens is 208 g/mol. The van der Waals surface area contributed by atoms with Crippen LogP contribution in [0.2, 0.25) is 0 Å². The number of rotatable bonds is 0. The van der Waals surface area contributed by atoms with Crippen molar-refractivity contribution in [1.29, 1.82) is 21.0 Å². The maximum Gasteiger partial charge on any atom is 0.272 e. The molecule has 2 N–H and O–H groups in total. The van der Waals surface area contributed by atoms with Crippen molar-refractivity contribution in [2.24, 2.45) is 27.0 Å². The van der Waals surface area contributed by atoms with Crippen LogP contribution < -0.4 is 5.73 Å². The van der Waals surface area contributed by atoms with Crippen molar-refractivity contribution in [1.82, 2.24) is 0 Å². The average Bonchev–Trinajstić information content (AvgIpc) is 2.77. The summed E-state index contributed by atoms with van der Waals surface area (Å²) in [6, 6.07) is 6.32. The molecule has 1 heterocycles. The van der Waals surface area contributed by atoms with Gasteiger partial charge in [0, 0.05) is 0 Å². The zero-order chi connectivity index (χ0) is 12.2. The molecule has 1 aliphatic heterocycles. The predicted molar refractivity (Wildman–Crippen MR) is 46.4 cm³/mol. The molecule has 0 aromatic rings. The molecule has 0 saturated heterocycles. The van der Waals surface area contributed by atoms with Gasteiger partial charge in [-0.1, -0.05) is 0 Å². The molecule has 2 aliphatic rings. The van der Waals surface area contributed by atoms with E-state index in [1.54, 1.807) is 24.3 Å². The SMILES string of the molecule is N#CC1(C#N)C2(C#N)C(=O)N=C(N)C12C#N. The van der Waals surface area contributed by atoms with Crippen molar-refractivity contribution in [2.45, 2.75) is 0 Å². The van der Waals surface area contributed by atoms with Gasteiger partial charge in [-0.15, -0.1) is 0 Å². The Bertz CT molecular complexity index is 606. The van der Waals surface area contributed by atoms with E-state index < -0.39 is 28.0 Å². The second-order valence-corrected chi connectivity index (χ2v) is 3.50. The third kappa shape index (κ3) is 0.451. The summed E-state index contributed by atoms with van der Waals surface area (Å²) in [5.74, 6) is -1.42. The Balaban J connectivity index is 2.88. The Kier molecular flexibility index (Phi) is 1.32. The summed E-state index contributed by atoms with van der Waals surface area (Å²) in [4.78, 5) is 14.8. The van der Waals surface area contributed by atoms with Crippen LogP contribution in [-0.4, -0.2) is 11.7 Å². The van der Waals surface area contributed by atoms with Crippen LogP contribution in [0.4, 0.5) is 0 Å². The van der Waals surface area contributed by atoms with Crippen LogP contribution in [0.5, 0.6) is 0 Å². The lowest BCUT2D eigenvalue weighted by Gasteiger charge is -2.03. The van der Waals surface area contributed by atoms with Gasteiger partial charge in [0.25, 0.3) is 5.91 Å². The van der Waals surface area contributed by atoms with Crippen molar-refractivity contribution in [3.63, 3.8) is 0 Å². The maximum absolute atomic E-state index is 11.5. The molecule has 2 atom stereocenters. The summed E-state index contributed by atoms with van der Waals surface area (Å²) in [6.07, 6.45) is 0. The molecule has 0 aromatic carbocycles. The number of amidine groups is 1. The number of nitrogens with zero attached hydrogens (tertiary/aromatic N) is 5. The molecule has 0 bridgehead atoms. The van der Waals surface area contributed by atoms with Crippen molar-refractivity contribution in [2.75, 3.05) is 0 Å². The number of hydrogen-bond donors (Lipinski definition) is 1. The number of amides is 1. The maximum atomic E-state index is 11.5. The lowest BCUT2D eigenvalue weighted by Crippen LogP contribution is -2.28. The molecule has 16 heavy (non-hydrogen) atoms. The van der Waals surface area contributed by atoms with Gasteiger partial charge >= 0.3 is 0 Å². The first-order chi connectivity index (χ1) is 7.54. The van der Waals surface area contributed by atoms with E-state index in [-0.39, 0.29) is 0 Å². The van der Waals surface area contributed by atoms with E-state index in [1.807, 2.05) is 0 Å². The Hall–Kier alpha value is -2.90. The minimum Gasteiger partial charge on any atom is -0.386 e. The molecule has 0 spiro atoms. The van der Waals surface area contributed by atoms with Crippen LogP contribution in [0.3, 0.4) is 0 Å².